The molecule has 8 rings (SSSR count). The normalized spacial score (nSPS) is 12.1. The van der Waals surface area contributed by atoms with Crippen molar-refractivity contribution < 1.29 is 4.42 Å². The van der Waals surface area contributed by atoms with Gasteiger partial charge < -0.3 is 4.42 Å². The van der Waals surface area contributed by atoms with E-state index in [9.17, 15) is 0 Å². The van der Waals surface area contributed by atoms with Crippen LogP contribution in [0.5, 0.6) is 0 Å². The highest BCUT2D eigenvalue weighted by molar-refractivity contribution is 6.19. The lowest BCUT2D eigenvalue weighted by Crippen LogP contribution is -2.06. The number of benzene rings is 7. The first kappa shape index (κ1) is 26.5. The van der Waals surface area contributed by atoms with Crippen LogP contribution in [0.25, 0.3) is 54.6 Å². The summed E-state index contributed by atoms with van der Waals surface area (Å²) >= 11 is 0. The average molecular weight is 578 g/mol. The number of furan rings is 1. The molecule has 1 aromatic heterocycles. The molecule has 0 bridgehead atoms. The molecule has 0 spiro atoms. The number of aliphatic imine (C=N–C) groups is 2. The monoisotopic (exact) mass is 577 g/mol. The van der Waals surface area contributed by atoms with Crippen molar-refractivity contribution in [3.05, 3.63) is 168 Å². The first-order valence-corrected chi connectivity index (χ1v) is 14.9. The van der Waals surface area contributed by atoms with Gasteiger partial charge in [0.25, 0.3) is 0 Å². The van der Waals surface area contributed by atoms with Crippen LogP contribution in [0.4, 0.5) is 0 Å². The third-order valence-electron chi connectivity index (χ3n) is 8.21. The molecular weight excluding hydrogens is 550 g/mol. The summed E-state index contributed by atoms with van der Waals surface area (Å²) in [5.41, 5.74) is 6.18. The molecule has 0 atom stereocenters. The van der Waals surface area contributed by atoms with Crippen LogP contribution in [0.1, 0.15) is 16.7 Å². The fourth-order valence-electron chi connectivity index (χ4n) is 6.00. The summed E-state index contributed by atoms with van der Waals surface area (Å²) in [6, 6.07) is 51.1. The van der Waals surface area contributed by atoms with Crippen LogP contribution in [-0.2, 0) is 0 Å². The summed E-state index contributed by atoms with van der Waals surface area (Å²) in [6.45, 7) is 0. The average Bonchev–Trinajstić information content (AvgIpc) is 3.49. The highest BCUT2D eigenvalue weighted by Gasteiger charge is 2.17. The number of rotatable bonds is 4. The summed E-state index contributed by atoms with van der Waals surface area (Å²) in [7, 11) is 0. The molecule has 45 heavy (non-hydrogen) atoms. The maximum Gasteiger partial charge on any atom is 0.162 e. The number of hydrogen-bond donors (Lipinski definition) is 1. The summed E-state index contributed by atoms with van der Waals surface area (Å²) < 4.78 is 6.22. The van der Waals surface area contributed by atoms with Gasteiger partial charge in [-0.05, 0) is 62.5 Å². The zero-order valence-corrected chi connectivity index (χ0v) is 24.3. The Morgan fingerprint density at radius 1 is 0.556 bits per heavy atom. The fourth-order valence-corrected chi connectivity index (χ4v) is 6.00. The highest BCUT2D eigenvalue weighted by Crippen LogP contribution is 2.38. The third-order valence-corrected chi connectivity index (χ3v) is 8.21. The minimum atomic E-state index is 0.146. The Morgan fingerprint density at radius 2 is 1.20 bits per heavy atom. The van der Waals surface area contributed by atoms with E-state index in [2.05, 4.69) is 60.7 Å². The second-order valence-electron chi connectivity index (χ2n) is 11.0. The first-order valence-electron chi connectivity index (χ1n) is 14.9. The third kappa shape index (κ3) is 4.98. The second kappa shape index (κ2) is 11.2. The van der Waals surface area contributed by atoms with Crippen molar-refractivity contribution in [2.45, 2.75) is 0 Å². The van der Waals surface area contributed by atoms with Gasteiger partial charge in [0.15, 0.2) is 11.7 Å². The molecule has 0 amide bonds. The van der Waals surface area contributed by atoms with Crippen LogP contribution in [-0.4, -0.2) is 17.9 Å². The molecule has 0 saturated heterocycles. The SMILES string of the molecule is N=C(N=C(N=Cc1ccc2ccccc2c1)c1ccccc1-c1cccc2oc3ccccc3c12)c1ccc2ccccc2c1. The van der Waals surface area contributed by atoms with Crippen LogP contribution in [0, 0.1) is 5.41 Å². The smallest absolute Gasteiger partial charge is 0.162 e. The first-order chi connectivity index (χ1) is 22.2. The zero-order chi connectivity index (χ0) is 30.2. The topological polar surface area (TPSA) is 61.7 Å². The summed E-state index contributed by atoms with van der Waals surface area (Å²) in [4.78, 5) is 9.87. The molecule has 1 N–H and O–H groups in total. The molecule has 8 aromatic rings. The molecule has 4 heteroatoms. The number of fused-ring (bicyclic) bond motifs is 5. The molecular formula is C41H27N3O. The van der Waals surface area contributed by atoms with Crippen molar-refractivity contribution in [3.63, 3.8) is 0 Å². The molecule has 7 aromatic carbocycles. The van der Waals surface area contributed by atoms with E-state index in [-0.39, 0.29) is 5.84 Å². The van der Waals surface area contributed by atoms with E-state index in [4.69, 9.17) is 19.8 Å². The van der Waals surface area contributed by atoms with Crippen molar-refractivity contribution in [2.75, 3.05) is 0 Å². The number of nitrogens with one attached hydrogen (secondary N) is 1. The molecule has 0 saturated carbocycles. The lowest BCUT2D eigenvalue weighted by atomic mass is 9.95. The van der Waals surface area contributed by atoms with Crippen molar-refractivity contribution in [1.29, 1.82) is 5.41 Å². The summed E-state index contributed by atoms with van der Waals surface area (Å²) in [5, 5.41) is 15.7. The summed E-state index contributed by atoms with van der Waals surface area (Å²) in [5.74, 6) is 0.606. The molecule has 0 aliphatic heterocycles. The largest absolute Gasteiger partial charge is 0.456 e. The van der Waals surface area contributed by atoms with E-state index >= 15 is 0 Å². The Morgan fingerprint density at radius 3 is 2.04 bits per heavy atom. The van der Waals surface area contributed by atoms with Crippen LogP contribution in [0.2, 0.25) is 0 Å². The van der Waals surface area contributed by atoms with Crippen LogP contribution in [0.15, 0.2) is 166 Å². The molecule has 0 fully saturated rings. The van der Waals surface area contributed by atoms with E-state index < -0.39 is 0 Å². The highest BCUT2D eigenvalue weighted by atomic mass is 16.3. The Kier molecular flexibility index (Phi) is 6.58. The predicted molar refractivity (Wildman–Crippen MR) is 188 cm³/mol. The van der Waals surface area contributed by atoms with Crippen molar-refractivity contribution in [1.82, 2.24) is 0 Å². The Balaban J connectivity index is 1.30. The van der Waals surface area contributed by atoms with Crippen LogP contribution >= 0.6 is 0 Å². The number of hydrogen-bond acceptors (Lipinski definition) is 2. The van der Waals surface area contributed by atoms with Gasteiger partial charge in [0, 0.05) is 28.1 Å². The number of amidine groups is 2. The fraction of sp³-hybridized carbons (Fsp3) is 0. The van der Waals surface area contributed by atoms with Crippen molar-refractivity contribution >= 4 is 61.4 Å². The maximum absolute atomic E-state index is 9.09. The molecule has 4 nitrogen and oxygen atoms in total. The quantitative estimate of drug-likeness (QED) is 0.164. The zero-order valence-electron chi connectivity index (χ0n) is 24.3. The maximum atomic E-state index is 9.09. The standard InChI is InChI=1S/C41H27N3O/c42-40(32-23-22-29-11-2-4-13-31(29)25-32)44-41(43-26-27-20-21-28-10-1-3-12-30(28)24-27)35-15-6-5-14-33(35)34-17-9-19-38-39(34)36-16-7-8-18-37(36)45-38/h1-26,42H. The van der Waals surface area contributed by atoms with E-state index in [1.807, 2.05) is 97.2 Å². The molecule has 212 valence electrons. The number of nitrogens with zero attached hydrogens (tertiary/aromatic N) is 2. The van der Waals surface area contributed by atoms with E-state index in [1.165, 1.54) is 5.39 Å². The van der Waals surface area contributed by atoms with Gasteiger partial charge in [0.1, 0.15) is 11.2 Å². The van der Waals surface area contributed by atoms with Gasteiger partial charge in [-0.25, -0.2) is 9.98 Å². The number of para-hydroxylation sites is 1. The minimum Gasteiger partial charge on any atom is -0.456 e. The van der Waals surface area contributed by atoms with Gasteiger partial charge in [-0.1, -0.05) is 127 Å². The van der Waals surface area contributed by atoms with Gasteiger partial charge in [0.2, 0.25) is 0 Å². The van der Waals surface area contributed by atoms with Gasteiger partial charge in [-0.3, -0.25) is 5.41 Å². The molecule has 0 aliphatic carbocycles. The molecule has 0 radical (unpaired) electrons. The molecule has 1 heterocycles. The molecule has 0 unspecified atom stereocenters. The van der Waals surface area contributed by atoms with E-state index in [1.54, 1.807) is 0 Å². The van der Waals surface area contributed by atoms with Gasteiger partial charge in [-0.15, -0.1) is 0 Å². The van der Waals surface area contributed by atoms with Crippen LogP contribution < -0.4 is 0 Å². The Hall–Kier alpha value is -6.13. The van der Waals surface area contributed by atoms with E-state index in [0.717, 1.165) is 65.9 Å². The second-order valence-corrected chi connectivity index (χ2v) is 11.0. The van der Waals surface area contributed by atoms with Crippen molar-refractivity contribution in [3.8, 4) is 11.1 Å². The lowest BCUT2D eigenvalue weighted by molar-refractivity contribution is 0.669. The Bertz CT molecular complexity index is 2470. The van der Waals surface area contributed by atoms with Crippen LogP contribution in [0.3, 0.4) is 0 Å². The van der Waals surface area contributed by atoms with Gasteiger partial charge >= 0.3 is 0 Å². The van der Waals surface area contributed by atoms with Gasteiger partial charge in [0.05, 0.1) is 0 Å². The summed E-state index contributed by atoms with van der Waals surface area (Å²) in [6.07, 6.45) is 1.84. The molecule has 0 aliphatic rings. The van der Waals surface area contributed by atoms with E-state index in [0.29, 0.717) is 5.84 Å². The van der Waals surface area contributed by atoms with Gasteiger partial charge in [-0.2, -0.15) is 0 Å². The lowest BCUT2D eigenvalue weighted by Gasteiger charge is -2.12. The predicted octanol–water partition coefficient (Wildman–Crippen LogP) is 10.5. The minimum absolute atomic E-state index is 0.146. The Labute approximate surface area is 260 Å². The van der Waals surface area contributed by atoms with Crippen molar-refractivity contribution in [2.24, 2.45) is 9.98 Å².